The number of fused-ring (bicyclic) bond motifs is 1. The summed E-state index contributed by atoms with van der Waals surface area (Å²) in [7, 11) is 0. The number of hydrogen-bond acceptors (Lipinski definition) is 2. The minimum atomic E-state index is -1.08. The highest BCUT2D eigenvalue weighted by Gasteiger charge is 2.17. The number of para-hydroxylation sites is 1. The number of carbonyl (C=O) groups is 1. The molecule has 0 aliphatic heterocycles. The van der Waals surface area contributed by atoms with E-state index in [1.807, 2.05) is 18.2 Å². The van der Waals surface area contributed by atoms with E-state index in [2.05, 4.69) is 25.8 Å². The zero-order valence-corrected chi connectivity index (χ0v) is 11.7. The van der Waals surface area contributed by atoms with Crippen molar-refractivity contribution >= 4 is 22.9 Å². The molecule has 4 nitrogen and oxygen atoms in total. The van der Waals surface area contributed by atoms with Crippen molar-refractivity contribution in [2.24, 2.45) is 0 Å². The fraction of sp³-hybridized carbons (Fsp3) is 0.250. The Kier molecular flexibility index (Phi) is 3.49. The summed E-state index contributed by atoms with van der Waals surface area (Å²) in [6.07, 6.45) is 2.27. The summed E-state index contributed by atoms with van der Waals surface area (Å²) in [5.41, 5.74) is 1.83. The van der Waals surface area contributed by atoms with Crippen LogP contribution in [0.3, 0.4) is 0 Å². The highest BCUT2D eigenvalue weighted by Crippen LogP contribution is 2.28. The van der Waals surface area contributed by atoms with Crippen LogP contribution in [-0.2, 0) is 10.2 Å². The summed E-state index contributed by atoms with van der Waals surface area (Å²) in [5, 5.41) is 9.52. The van der Waals surface area contributed by atoms with Crippen molar-refractivity contribution in [2.75, 3.05) is 0 Å². The van der Waals surface area contributed by atoms with Gasteiger partial charge in [0.15, 0.2) is 0 Å². The molecule has 0 fully saturated rings. The molecule has 0 bridgehead atoms. The van der Waals surface area contributed by atoms with Gasteiger partial charge < -0.3 is 10.1 Å². The summed E-state index contributed by atoms with van der Waals surface area (Å²) < 4.78 is 0. The maximum absolute atomic E-state index is 12.0. The van der Waals surface area contributed by atoms with Gasteiger partial charge in [-0.1, -0.05) is 39.0 Å². The summed E-state index contributed by atoms with van der Waals surface area (Å²) in [6, 6.07) is 7.54. The monoisotopic (exact) mass is 271 g/mol. The lowest BCUT2D eigenvalue weighted by atomic mass is 9.85. The fourth-order valence-corrected chi connectivity index (χ4v) is 2.16. The van der Waals surface area contributed by atoms with E-state index < -0.39 is 5.97 Å². The first kappa shape index (κ1) is 14.1. The van der Waals surface area contributed by atoms with E-state index in [-0.39, 0.29) is 11.0 Å². The number of aromatic nitrogens is 1. The fourth-order valence-electron chi connectivity index (χ4n) is 2.16. The van der Waals surface area contributed by atoms with Gasteiger partial charge in [-0.3, -0.25) is 4.79 Å². The SMILES string of the molecule is CC(C)(C)c1cccc2cc(/C=C/C(=O)O)c(=O)[nH]c12. The predicted octanol–water partition coefficient (Wildman–Crippen LogP) is 2.92. The van der Waals surface area contributed by atoms with Crippen LogP contribution in [0.1, 0.15) is 31.9 Å². The third-order valence-corrected chi connectivity index (χ3v) is 3.12. The predicted molar refractivity (Wildman–Crippen MR) is 79.9 cm³/mol. The molecule has 0 aliphatic rings. The molecular weight excluding hydrogens is 254 g/mol. The Morgan fingerprint density at radius 1 is 1.30 bits per heavy atom. The molecule has 0 saturated carbocycles. The number of H-pyrrole nitrogens is 1. The lowest BCUT2D eigenvalue weighted by Gasteiger charge is -2.21. The topological polar surface area (TPSA) is 70.2 Å². The zero-order valence-electron chi connectivity index (χ0n) is 11.7. The number of aliphatic carboxylic acids is 1. The average molecular weight is 271 g/mol. The molecule has 2 rings (SSSR count). The van der Waals surface area contributed by atoms with Gasteiger partial charge in [0, 0.05) is 11.6 Å². The van der Waals surface area contributed by atoms with Gasteiger partial charge in [0.1, 0.15) is 0 Å². The van der Waals surface area contributed by atoms with Gasteiger partial charge in [0.25, 0.3) is 5.56 Å². The van der Waals surface area contributed by atoms with Crippen molar-refractivity contribution in [2.45, 2.75) is 26.2 Å². The van der Waals surface area contributed by atoms with E-state index in [4.69, 9.17) is 5.11 Å². The van der Waals surface area contributed by atoms with E-state index >= 15 is 0 Å². The van der Waals surface area contributed by atoms with Crippen LogP contribution in [0.5, 0.6) is 0 Å². The minimum absolute atomic E-state index is 0.0825. The first-order valence-corrected chi connectivity index (χ1v) is 6.36. The largest absolute Gasteiger partial charge is 0.478 e. The molecule has 20 heavy (non-hydrogen) atoms. The molecule has 0 saturated heterocycles. The number of hydrogen-bond donors (Lipinski definition) is 2. The Bertz CT molecular complexity index is 748. The number of nitrogens with one attached hydrogen (secondary N) is 1. The highest BCUT2D eigenvalue weighted by atomic mass is 16.4. The third kappa shape index (κ3) is 2.79. The van der Waals surface area contributed by atoms with Crippen LogP contribution >= 0.6 is 0 Å². The Hall–Kier alpha value is -2.36. The Labute approximate surface area is 116 Å². The van der Waals surface area contributed by atoms with Crippen LogP contribution < -0.4 is 5.56 Å². The van der Waals surface area contributed by atoms with Crippen LogP contribution in [0, 0.1) is 0 Å². The van der Waals surface area contributed by atoms with Gasteiger partial charge in [0.2, 0.25) is 0 Å². The van der Waals surface area contributed by atoms with E-state index in [0.29, 0.717) is 5.56 Å². The van der Waals surface area contributed by atoms with Gasteiger partial charge in [-0.05, 0) is 28.5 Å². The molecule has 0 unspecified atom stereocenters. The van der Waals surface area contributed by atoms with E-state index in [0.717, 1.165) is 22.5 Å². The van der Waals surface area contributed by atoms with E-state index in [1.165, 1.54) is 6.08 Å². The number of aromatic amines is 1. The van der Waals surface area contributed by atoms with Gasteiger partial charge in [0.05, 0.1) is 5.52 Å². The molecule has 1 heterocycles. The zero-order chi connectivity index (χ0) is 14.9. The first-order valence-electron chi connectivity index (χ1n) is 6.36. The minimum Gasteiger partial charge on any atom is -0.478 e. The smallest absolute Gasteiger partial charge is 0.328 e. The molecule has 2 N–H and O–H groups in total. The van der Waals surface area contributed by atoms with Crippen molar-refractivity contribution in [3.63, 3.8) is 0 Å². The first-order chi connectivity index (χ1) is 9.29. The second kappa shape index (κ2) is 4.96. The molecule has 0 amide bonds. The lowest BCUT2D eigenvalue weighted by Crippen LogP contribution is -2.16. The molecule has 104 valence electrons. The van der Waals surface area contributed by atoms with Gasteiger partial charge >= 0.3 is 5.97 Å². The van der Waals surface area contributed by atoms with Crippen LogP contribution in [0.4, 0.5) is 0 Å². The molecule has 1 aromatic carbocycles. The average Bonchev–Trinajstić information content (AvgIpc) is 2.34. The van der Waals surface area contributed by atoms with E-state index in [1.54, 1.807) is 6.07 Å². The molecule has 0 radical (unpaired) electrons. The maximum atomic E-state index is 12.0. The van der Waals surface area contributed by atoms with Crippen LogP contribution in [0.2, 0.25) is 0 Å². The second-order valence-electron chi connectivity index (χ2n) is 5.75. The number of benzene rings is 1. The van der Waals surface area contributed by atoms with E-state index in [9.17, 15) is 9.59 Å². The normalized spacial score (nSPS) is 12.2. The number of rotatable bonds is 2. The molecular formula is C16H17NO3. The number of carboxylic acid groups (broad SMARTS) is 1. The Balaban J connectivity index is 2.69. The molecule has 0 aliphatic carbocycles. The molecule has 4 heteroatoms. The van der Waals surface area contributed by atoms with Crippen LogP contribution in [0.15, 0.2) is 35.1 Å². The van der Waals surface area contributed by atoms with Gasteiger partial charge in [-0.25, -0.2) is 4.79 Å². The molecule has 2 aromatic rings. The molecule has 0 spiro atoms. The summed E-state index contributed by atoms with van der Waals surface area (Å²) in [6.45, 7) is 6.25. The molecule has 1 aromatic heterocycles. The maximum Gasteiger partial charge on any atom is 0.328 e. The van der Waals surface area contributed by atoms with Crippen molar-refractivity contribution < 1.29 is 9.90 Å². The highest BCUT2D eigenvalue weighted by molar-refractivity contribution is 5.88. The summed E-state index contributed by atoms with van der Waals surface area (Å²) in [5.74, 6) is -1.08. The number of carboxylic acids is 1. The second-order valence-corrected chi connectivity index (χ2v) is 5.75. The number of pyridine rings is 1. The van der Waals surface area contributed by atoms with Gasteiger partial charge in [-0.15, -0.1) is 0 Å². The quantitative estimate of drug-likeness (QED) is 0.825. The molecule has 0 atom stereocenters. The van der Waals surface area contributed by atoms with Crippen LogP contribution in [-0.4, -0.2) is 16.1 Å². The summed E-state index contributed by atoms with van der Waals surface area (Å²) >= 11 is 0. The van der Waals surface area contributed by atoms with Crippen molar-refractivity contribution in [3.8, 4) is 0 Å². The Morgan fingerprint density at radius 3 is 2.60 bits per heavy atom. The van der Waals surface area contributed by atoms with Crippen molar-refractivity contribution in [1.82, 2.24) is 4.98 Å². The van der Waals surface area contributed by atoms with Crippen LogP contribution in [0.25, 0.3) is 17.0 Å². The lowest BCUT2D eigenvalue weighted by molar-refractivity contribution is -0.131. The van der Waals surface area contributed by atoms with Gasteiger partial charge in [-0.2, -0.15) is 0 Å². The standard InChI is InChI=1S/C16H17NO3/c1-16(2,3)12-6-4-5-10-9-11(7-8-13(18)19)15(20)17-14(10)12/h4-9H,1-3H3,(H,17,20)(H,18,19)/b8-7+. The van der Waals surface area contributed by atoms with Crippen molar-refractivity contribution in [1.29, 1.82) is 0 Å². The Morgan fingerprint density at radius 2 is 2.00 bits per heavy atom. The van der Waals surface area contributed by atoms with Crippen molar-refractivity contribution in [3.05, 3.63) is 51.8 Å². The summed E-state index contributed by atoms with van der Waals surface area (Å²) in [4.78, 5) is 25.4. The third-order valence-electron chi connectivity index (χ3n) is 3.12.